The Hall–Kier alpha value is -1.04. The predicted molar refractivity (Wildman–Crippen MR) is 72.2 cm³/mol. The van der Waals surface area contributed by atoms with Gasteiger partial charge in [-0.25, -0.2) is 0 Å². The maximum atomic E-state index is 11.7. The molecule has 2 heterocycles. The summed E-state index contributed by atoms with van der Waals surface area (Å²) in [5.41, 5.74) is 0. The van der Waals surface area contributed by atoms with E-state index in [0.717, 1.165) is 17.4 Å². The second kappa shape index (κ2) is 4.81. The number of aromatic nitrogens is 3. The number of cyclic esters (lactones) is 1. The van der Waals surface area contributed by atoms with Crippen LogP contribution >= 0.6 is 11.8 Å². The Bertz CT molecular complexity index is 496. The summed E-state index contributed by atoms with van der Waals surface area (Å²) in [7, 11) is 0. The summed E-state index contributed by atoms with van der Waals surface area (Å²) < 4.78 is 7.43. The lowest BCUT2D eigenvalue weighted by Crippen LogP contribution is -2.12. The van der Waals surface area contributed by atoms with Crippen molar-refractivity contribution in [2.75, 3.05) is 0 Å². The van der Waals surface area contributed by atoms with Gasteiger partial charge in [0, 0.05) is 18.4 Å². The first-order chi connectivity index (χ1) is 9.06. The third-order valence-corrected chi connectivity index (χ3v) is 4.65. The zero-order valence-electron chi connectivity index (χ0n) is 11.5. The van der Waals surface area contributed by atoms with Crippen molar-refractivity contribution in [3.63, 3.8) is 0 Å². The number of rotatable bonds is 4. The molecule has 0 N–H and O–H groups in total. The molecule has 1 aliphatic carbocycles. The number of hydrogen-bond acceptors (Lipinski definition) is 5. The highest BCUT2D eigenvalue weighted by molar-refractivity contribution is 8.00. The van der Waals surface area contributed by atoms with Crippen molar-refractivity contribution < 1.29 is 9.53 Å². The first kappa shape index (κ1) is 13.0. The fraction of sp³-hybridized carbons (Fsp3) is 0.769. The lowest BCUT2D eigenvalue weighted by atomic mass is 10.2. The molecule has 0 unspecified atom stereocenters. The van der Waals surface area contributed by atoms with Crippen LogP contribution in [0.1, 0.15) is 57.8 Å². The maximum absolute atomic E-state index is 11.7. The normalized spacial score (nSPS) is 27.1. The summed E-state index contributed by atoms with van der Waals surface area (Å²) in [4.78, 5) is 11.7. The Balaban J connectivity index is 1.83. The molecule has 2 fully saturated rings. The zero-order valence-corrected chi connectivity index (χ0v) is 12.3. The van der Waals surface area contributed by atoms with Gasteiger partial charge in [-0.2, -0.15) is 0 Å². The van der Waals surface area contributed by atoms with Gasteiger partial charge in [0.05, 0.1) is 0 Å². The minimum absolute atomic E-state index is 0.0202. The van der Waals surface area contributed by atoms with Crippen molar-refractivity contribution in [3.05, 3.63) is 5.82 Å². The number of carbonyl (C=O) groups is 1. The van der Waals surface area contributed by atoms with E-state index >= 15 is 0 Å². The van der Waals surface area contributed by atoms with Crippen molar-refractivity contribution in [3.8, 4) is 0 Å². The van der Waals surface area contributed by atoms with E-state index < -0.39 is 0 Å². The lowest BCUT2D eigenvalue weighted by molar-refractivity contribution is -0.140. The molecule has 1 aromatic rings. The molecule has 104 valence electrons. The quantitative estimate of drug-likeness (QED) is 0.794. The van der Waals surface area contributed by atoms with Crippen LogP contribution in [0.2, 0.25) is 0 Å². The standard InChI is InChI=1S/C13H19N3O2S/c1-7(2)11-14-15-13(16(11)9-4-5-9)19-10-6-8(3)18-12(10)17/h7-10H,4-6H2,1-3H3/t8-,10+/m1/s1. The van der Waals surface area contributed by atoms with Gasteiger partial charge in [0.1, 0.15) is 17.2 Å². The van der Waals surface area contributed by atoms with Gasteiger partial charge in [0.2, 0.25) is 0 Å². The highest BCUT2D eigenvalue weighted by atomic mass is 32.2. The Morgan fingerprint density at radius 2 is 2.11 bits per heavy atom. The molecule has 0 spiro atoms. The average Bonchev–Trinajstić information content (AvgIpc) is 3.01. The van der Waals surface area contributed by atoms with E-state index in [1.54, 1.807) is 0 Å². The smallest absolute Gasteiger partial charge is 0.319 e. The third kappa shape index (κ3) is 2.50. The molecule has 1 saturated carbocycles. The molecule has 1 saturated heterocycles. The molecule has 1 aliphatic heterocycles. The monoisotopic (exact) mass is 281 g/mol. The zero-order chi connectivity index (χ0) is 13.6. The molecule has 0 bridgehead atoms. The number of hydrogen-bond donors (Lipinski definition) is 0. The summed E-state index contributed by atoms with van der Waals surface area (Å²) in [6.07, 6.45) is 3.16. The molecule has 0 amide bonds. The summed E-state index contributed by atoms with van der Waals surface area (Å²) in [6.45, 7) is 6.19. The average molecular weight is 281 g/mol. The van der Waals surface area contributed by atoms with Crippen molar-refractivity contribution in [1.29, 1.82) is 0 Å². The van der Waals surface area contributed by atoms with Crippen molar-refractivity contribution in [2.24, 2.45) is 0 Å². The van der Waals surface area contributed by atoms with E-state index in [4.69, 9.17) is 4.74 Å². The number of nitrogens with zero attached hydrogens (tertiary/aromatic N) is 3. The molecule has 6 heteroatoms. The SMILES string of the molecule is CC(C)c1nnc(S[C@H]2C[C@@H](C)OC2=O)n1C1CC1. The van der Waals surface area contributed by atoms with Gasteiger partial charge in [-0.1, -0.05) is 25.6 Å². The summed E-state index contributed by atoms with van der Waals surface area (Å²) in [5.74, 6) is 1.27. The second-order valence-electron chi connectivity index (χ2n) is 5.69. The molecule has 19 heavy (non-hydrogen) atoms. The number of ether oxygens (including phenoxy) is 1. The minimum atomic E-state index is -0.128. The predicted octanol–water partition coefficient (Wildman–Crippen LogP) is 2.53. The van der Waals surface area contributed by atoms with Crippen LogP contribution in [0.5, 0.6) is 0 Å². The number of carbonyl (C=O) groups excluding carboxylic acids is 1. The molecule has 2 atom stereocenters. The first-order valence-electron chi connectivity index (χ1n) is 6.88. The van der Waals surface area contributed by atoms with Crippen LogP contribution in [-0.4, -0.2) is 32.1 Å². The number of thioether (sulfide) groups is 1. The first-order valence-corrected chi connectivity index (χ1v) is 7.76. The summed E-state index contributed by atoms with van der Waals surface area (Å²) in [6, 6.07) is 0.532. The minimum Gasteiger partial charge on any atom is -0.462 e. The van der Waals surface area contributed by atoms with E-state index in [0.29, 0.717) is 12.0 Å². The highest BCUT2D eigenvalue weighted by Crippen LogP contribution is 2.42. The molecule has 1 aromatic heterocycles. The van der Waals surface area contributed by atoms with E-state index in [1.165, 1.54) is 24.6 Å². The number of esters is 1. The van der Waals surface area contributed by atoms with Gasteiger partial charge in [0.15, 0.2) is 5.16 Å². The van der Waals surface area contributed by atoms with Crippen LogP contribution in [0.15, 0.2) is 5.16 Å². The van der Waals surface area contributed by atoms with Gasteiger partial charge >= 0.3 is 5.97 Å². The summed E-state index contributed by atoms with van der Waals surface area (Å²) >= 11 is 1.51. The lowest BCUT2D eigenvalue weighted by Gasteiger charge is -2.11. The van der Waals surface area contributed by atoms with E-state index in [1.807, 2.05) is 6.92 Å². The van der Waals surface area contributed by atoms with E-state index in [9.17, 15) is 4.79 Å². The van der Waals surface area contributed by atoms with Gasteiger partial charge in [0.25, 0.3) is 0 Å². The maximum Gasteiger partial charge on any atom is 0.319 e. The second-order valence-corrected chi connectivity index (χ2v) is 6.86. The Morgan fingerprint density at radius 1 is 1.37 bits per heavy atom. The van der Waals surface area contributed by atoms with Crippen molar-refractivity contribution >= 4 is 17.7 Å². The molecular weight excluding hydrogens is 262 g/mol. The van der Waals surface area contributed by atoms with E-state index in [-0.39, 0.29) is 17.3 Å². The Kier molecular flexibility index (Phi) is 3.28. The third-order valence-electron chi connectivity index (χ3n) is 3.49. The Morgan fingerprint density at radius 3 is 2.63 bits per heavy atom. The van der Waals surface area contributed by atoms with Crippen LogP contribution < -0.4 is 0 Å². The largest absolute Gasteiger partial charge is 0.462 e. The van der Waals surface area contributed by atoms with E-state index in [2.05, 4.69) is 28.6 Å². The van der Waals surface area contributed by atoms with Gasteiger partial charge in [-0.3, -0.25) is 4.79 Å². The van der Waals surface area contributed by atoms with Crippen LogP contribution in [0.3, 0.4) is 0 Å². The topological polar surface area (TPSA) is 57.0 Å². The molecule has 3 rings (SSSR count). The Labute approximate surface area is 117 Å². The van der Waals surface area contributed by atoms with Gasteiger partial charge < -0.3 is 9.30 Å². The van der Waals surface area contributed by atoms with Crippen LogP contribution in [0, 0.1) is 0 Å². The molecule has 2 aliphatic rings. The van der Waals surface area contributed by atoms with Gasteiger partial charge in [-0.05, 0) is 19.8 Å². The highest BCUT2D eigenvalue weighted by Gasteiger charge is 2.36. The fourth-order valence-electron chi connectivity index (χ4n) is 2.38. The molecular formula is C13H19N3O2S. The molecule has 5 nitrogen and oxygen atoms in total. The summed E-state index contributed by atoms with van der Waals surface area (Å²) in [5, 5.41) is 9.34. The van der Waals surface area contributed by atoms with Crippen molar-refractivity contribution in [2.45, 2.75) is 68.5 Å². The van der Waals surface area contributed by atoms with Crippen LogP contribution in [-0.2, 0) is 9.53 Å². The fourth-order valence-corrected chi connectivity index (χ4v) is 3.60. The molecule has 0 radical (unpaired) electrons. The van der Waals surface area contributed by atoms with Gasteiger partial charge in [-0.15, -0.1) is 10.2 Å². The molecule has 0 aromatic carbocycles. The van der Waals surface area contributed by atoms with Crippen LogP contribution in [0.25, 0.3) is 0 Å². The van der Waals surface area contributed by atoms with Crippen LogP contribution in [0.4, 0.5) is 0 Å². The van der Waals surface area contributed by atoms with Crippen molar-refractivity contribution in [1.82, 2.24) is 14.8 Å².